The van der Waals surface area contributed by atoms with Crippen LogP contribution < -0.4 is 14.8 Å². The van der Waals surface area contributed by atoms with E-state index in [1.54, 1.807) is 49.5 Å². The van der Waals surface area contributed by atoms with E-state index in [0.29, 0.717) is 30.3 Å². The van der Waals surface area contributed by atoms with E-state index in [2.05, 4.69) is 18.5 Å². The van der Waals surface area contributed by atoms with Crippen LogP contribution in [0.2, 0.25) is 0 Å². The molecule has 0 saturated carbocycles. The van der Waals surface area contributed by atoms with Gasteiger partial charge in [0.1, 0.15) is 11.5 Å². The number of hydrogen-bond donors (Lipinski definition) is 1. The third kappa shape index (κ3) is 4.35. The van der Waals surface area contributed by atoms with Crippen LogP contribution >= 0.6 is 0 Å². The van der Waals surface area contributed by atoms with Crippen molar-refractivity contribution in [1.29, 1.82) is 0 Å². The largest absolute Gasteiger partial charge is 0.497 e. The highest BCUT2D eigenvalue weighted by molar-refractivity contribution is 5.90. The van der Waals surface area contributed by atoms with Gasteiger partial charge in [-0.05, 0) is 0 Å². The molecule has 0 bridgehead atoms. The van der Waals surface area contributed by atoms with Crippen LogP contribution in [0.15, 0.2) is 43.5 Å². The summed E-state index contributed by atoms with van der Waals surface area (Å²) in [4.78, 5) is 13.7. The summed E-state index contributed by atoms with van der Waals surface area (Å²) in [5.74, 6) is 1.22. The summed E-state index contributed by atoms with van der Waals surface area (Å²) in [6.45, 7) is 8.15. The highest BCUT2D eigenvalue weighted by atomic mass is 16.5. The summed E-state index contributed by atoms with van der Waals surface area (Å²) in [6, 6.07) is 4.95. The zero-order chi connectivity index (χ0) is 15.0. The minimum Gasteiger partial charge on any atom is -0.497 e. The smallest absolute Gasteiger partial charge is 0.322 e. The van der Waals surface area contributed by atoms with Gasteiger partial charge in [-0.1, -0.05) is 12.2 Å². The molecule has 0 fully saturated rings. The monoisotopic (exact) mass is 276 g/mol. The van der Waals surface area contributed by atoms with Crippen LogP contribution in [0.3, 0.4) is 0 Å². The lowest BCUT2D eigenvalue weighted by atomic mass is 10.3. The highest BCUT2D eigenvalue weighted by Gasteiger charge is 2.11. The zero-order valence-corrected chi connectivity index (χ0v) is 11.9. The van der Waals surface area contributed by atoms with Gasteiger partial charge in [0.25, 0.3) is 0 Å². The molecular formula is C15H20N2O3. The molecule has 0 aliphatic heterocycles. The summed E-state index contributed by atoms with van der Waals surface area (Å²) < 4.78 is 10.3. The van der Waals surface area contributed by atoms with Crippen LogP contribution in [-0.2, 0) is 0 Å². The van der Waals surface area contributed by atoms with Crippen molar-refractivity contribution in [3.63, 3.8) is 0 Å². The van der Waals surface area contributed by atoms with E-state index >= 15 is 0 Å². The number of hydrogen-bond acceptors (Lipinski definition) is 3. The molecule has 1 N–H and O–H groups in total. The predicted molar refractivity (Wildman–Crippen MR) is 80.5 cm³/mol. The Morgan fingerprint density at radius 1 is 1.15 bits per heavy atom. The Hall–Kier alpha value is -2.43. The number of anilines is 1. The predicted octanol–water partition coefficient (Wildman–Crippen LogP) is 2.91. The average Bonchev–Trinajstić information content (AvgIpc) is 2.46. The van der Waals surface area contributed by atoms with E-state index < -0.39 is 0 Å². The molecule has 5 heteroatoms. The Morgan fingerprint density at radius 2 is 1.65 bits per heavy atom. The molecule has 1 rings (SSSR count). The molecule has 0 heterocycles. The fourth-order valence-corrected chi connectivity index (χ4v) is 1.63. The number of ether oxygens (including phenoxy) is 2. The average molecular weight is 276 g/mol. The first-order valence-electron chi connectivity index (χ1n) is 6.15. The zero-order valence-electron chi connectivity index (χ0n) is 11.9. The van der Waals surface area contributed by atoms with E-state index in [9.17, 15) is 4.79 Å². The van der Waals surface area contributed by atoms with Gasteiger partial charge in [-0.2, -0.15) is 0 Å². The number of urea groups is 1. The van der Waals surface area contributed by atoms with E-state index in [1.807, 2.05) is 0 Å². The first-order valence-corrected chi connectivity index (χ1v) is 6.15. The van der Waals surface area contributed by atoms with Crippen LogP contribution in [0.5, 0.6) is 11.5 Å². The maximum Gasteiger partial charge on any atom is 0.322 e. The molecule has 108 valence electrons. The molecule has 5 nitrogen and oxygen atoms in total. The van der Waals surface area contributed by atoms with Gasteiger partial charge < -0.3 is 19.7 Å². The second kappa shape index (κ2) is 7.89. The van der Waals surface area contributed by atoms with Gasteiger partial charge in [0, 0.05) is 37.0 Å². The van der Waals surface area contributed by atoms with Crippen molar-refractivity contribution < 1.29 is 14.3 Å². The molecule has 2 amide bonds. The number of methoxy groups -OCH3 is 2. The van der Waals surface area contributed by atoms with Gasteiger partial charge in [0.15, 0.2) is 0 Å². The van der Waals surface area contributed by atoms with Crippen molar-refractivity contribution >= 4 is 11.7 Å². The summed E-state index contributed by atoms with van der Waals surface area (Å²) in [5, 5.41) is 2.79. The van der Waals surface area contributed by atoms with Gasteiger partial charge >= 0.3 is 6.03 Å². The fraction of sp³-hybridized carbons (Fsp3) is 0.267. The summed E-state index contributed by atoms with van der Waals surface area (Å²) in [5.41, 5.74) is 0.601. The first-order chi connectivity index (χ1) is 9.64. The quantitative estimate of drug-likeness (QED) is 0.779. The lowest BCUT2D eigenvalue weighted by Gasteiger charge is -2.20. The van der Waals surface area contributed by atoms with Crippen molar-refractivity contribution in [3.05, 3.63) is 43.5 Å². The molecule has 0 unspecified atom stereocenters. The minimum atomic E-state index is -0.236. The van der Waals surface area contributed by atoms with Crippen molar-refractivity contribution in [2.45, 2.75) is 0 Å². The van der Waals surface area contributed by atoms with Crippen LogP contribution in [0.25, 0.3) is 0 Å². The molecule has 1 aromatic carbocycles. The first kappa shape index (κ1) is 15.6. The Balaban J connectivity index is 2.87. The third-order valence-electron chi connectivity index (χ3n) is 2.59. The molecule has 0 aliphatic carbocycles. The van der Waals surface area contributed by atoms with Gasteiger partial charge in [0.2, 0.25) is 0 Å². The standard InChI is InChI=1S/C15H20N2O3/c1-5-7-17(8-6-2)15(18)16-12-9-13(19-3)11-14(10-12)20-4/h5-6,9-11H,1-2,7-8H2,3-4H3,(H,16,18). The molecule has 0 aromatic heterocycles. The van der Waals surface area contributed by atoms with E-state index in [-0.39, 0.29) is 6.03 Å². The van der Waals surface area contributed by atoms with Crippen LogP contribution in [0.4, 0.5) is 10.5 Å². The summed E-state index contributed by atoms with van der Waals surface area (Å²) in [6.07, 6.45) is 3.32. The summed E-state index contributed by atoms with van der Waals surface area (Å²) >= 11 is 0. The van der Waals surface area contributed by atoms with Crippen molar-refractivity contribution in [3.8, 4) is 11.5 Å². The highest BCUT2D eigenvalue weighted by Crippen LogP contribution is 2.25. The molecule has 20 heavy (non-hydrogen) atoms. The third-order valence-corrected chi connectivity index (χ3v) is 2.59. The maximum absolute atomic E-state index is 12.1. The molecule has 0 aliphatic rings. The number of nitrogens with one attached hydrogen (secondary N) is 1. The molecule has 1 aromatic rings. The SMILES string of the molecule is C=CCN(CC=C)C(=O)Nc1cc(OC)cc(OC)c1. The van der Waals surface area contributed by atoms with Gasteiger partial charge in [-0.3, -0.25) is 0 Å². The Morgan fingerprint density at radius 3 is 2.05 bits per heavy atom. The Labute approximate surface area is 119 Å². The number of amides is 2. The van der Waals surface area contributed by atoms with E-state index in [1.165, 1.54) is 0 Å². The molecule has 0 radical (unpaired) electrons. The number of benzene rings is 1. The molecule has 0 saturated heterocycles. The molecule has 0 atom stereocenters. The van der Waals surface area contributed by atoms with Gasteiger partial charge in [-0.25, -0.2) is 4.79 Å². The maximum atomic E-state index is 12.1. The van der Waals surface area contributed by atoms with Crippen molar-refractivity contribution in [2.24, 2.45) is 0 Å². The normalized spacial score (nSPS) is 9.50. The van der Waals surface area contributed by atoms with Crippen molar-refractivity contribution in [2.75, 3.05) is 32.6 Å². The Bertz CT molecular complexity index is 454. The van der Waals surface area contributed by atoms with Crippen LogP contribution in [0, 0.1) is 0 Å². The number of rotatable bonds is 7. The van der Waals surface area contributed by atoms with Crippen LogP contribution in [-0.4, -0.2) is 38.2 Å². The number of nitrogens with zero attached hydrogens (tertiary/aromatic N) is 1. The van der Waals surface area contributed by atoms with E-state index in [4.69, 9.17) is 9.47 Å². The van der Waals surface area contributed by atoms with Gasteiger partial charge in [-0.15, -0.1) is 13.2 Å². The number of carbonyl (C=O) groups excluding carboxylic acids is 1. The lowest BCUT2D eigenvalue weighted by Crippen LogP contribution is -2.35. The minimum absolute atomic E-state index is 0.236. The second-order valence-corrected chi connectivity index (χ2v) is 4.01. The van der Waals surface area contributed by atoms with E-state index in [0.717, 1.165) is 0 Å². The van der Waals surface area contributed by atoms with Gasteiger partial charge in [0.05, 0.1) is 14.2 Å². The lowest BCUT2D eigenvalue weighted by molar-refractivity contribution is 0.222. The molecular weight excluding hydrogens is 256 g/mol. The molecule has 0 spiro atoms. The summed E-state index contributed by atoms with van der Waals surface area (Å²) in [7, 11) is 3.12. The number of carbonyl (C=O) groups is 1. The fourth-order valence-electron chi connectivity index (χ4n) is 1.63. The Kier molecular flexibility index (Phi) is 6.16. The van der Waals surface area contributed by atoms with Crippen LogP contribution in [0.1, 0.15) is 0 Å². The second-order valence-electron chi connectivity index (χ2n) is 4.01. The topological polar surface area (TPSA) is 50.8 Å². The van der Waals surface area contributed by atoms with Crippen molar-refractivity contribution in [1.82, 2.24) is 4.90 Å².